The Bertz CT molecular complexity index is 1040. The van der Waals surface area contributed by atoms with E-state index in [4.69, 9.17) is 11.6 Å². The van der Waals surface area contributed by atoms with Gasteiger partial charge in [-0.05, 0) is 18.1 Å². The lowest BCUT2D eigenvalue weighted by Crippen LogP contribution is -2.25. The standard InChI is InChI=1S/C17H14ClF3N4O3/c1-9(2)13-8-22-15-12(7-14(18)23-25(13)15)24(16(26)27)10-4-3-5-11(6-10)28-17(19,20)21/h3-9H,1-2H3,(H,26,27). The van der Waals surface area contributed by atoms with Crippen molar-refractivity contribution < 1.29 is 27.8 Å². The molecule has 0 bridgehead atoms. The van der Waals surface area contributed by atoms with E-state index < -0.39 is 18.2 Å². The minimum atomic E-state index is -4.91. The van der Waals surface area contributed by atoms with Crippen molar-refractivity contribution in [1.82, 2.24) is 14.6 Å². The van der Waals surface area contributed by atoms with Gasteiger partial charge in [0.15, 0.2) is 10.8 Å². The molecular weight excluding hydrogens is 401 g/mol. The Balaban J connectivity index is 2.17. The normalized spacial score (nSPS) is 11.8. The highest BCUT2D eigenvalue weighted by Crippen LogP contribution is 2.34. The van der Waals surface area contributed by atoms with Crippen molar-refractivity contribution in [2.45, 2.75) is 26.1 Å². The number of carboxylic acid groups (broad SMARTS) is 1. The topological polar surface area (TPSA) is 80.0 Å². The van der Waals surface area contributed by atoms with Gasteiger partial charge in [-0.25, -0.2) is 19.2 Å². The molecule has 0 radical (unpaired) electrons. The van der Waals surface area contributed by atoms with Crippen LogP contribution in [0.3, 0.4) is 0 Å². The van der Waals surface area contributed by atoms with Crippen molar-refractivity contribution in [3.8, 4) is 5.75 Å². The second kappa shape index (κ2) is 7.19. The molecule has 1 amide bonds. The van der Waals surface area contributed by atoms with Crippen LogP contribution in [0.25, 0.3) is 5.65 Å². The first-order valence-corrected chi connectivity index (χ1v) is 8.37. The highest BCUT2D eigenvalue weighted by molar-refractivity contribution is 6.29. The van der Waals surface area contributed by atoms with Crippen LogP contribution in [0.4, 0.5) is 29.3 Å². The fourth-order valence-electron chi connectivity index (χ4n) is 2.67. The van der Waals surface area contributed by atoms with Crippen molar-refractivity contribution in [1.29, 1.82) is 0 Å². The van der Waals surface area contributed by atoms with E-state index in [9.17, 15) is 23.1 Å². The molecule has 0 aliphatic heterocycles. The number of amides is 1. The van der Waals surface area contributed by atoms with Gasteiger partial charge in [0.25, 0.3) is 0 Å². The van der Waals surface area contributed by atoms with E-state index in [1.54, 1.807) is 0 Å². The summed E-state index contributed by atoms with van der Waals surface area (Å²) in [5.41, 5.74) is 0.854. The van der Waals surface area contributed by atoms with Gasteiger partial charge in [-0.3, -0.25) is 0 Å². The van der Waals surface area contributed by atoms with Crippen molar-refractivity contribution in [3.05, 3.63) is 47.4 Å². The van der Waals surface area contributed by atoms with Gasteiger partial charge < -0.3 is 9.84 Å². The summed E-state index contributed by atoms with van der Waals surface area (Å²) in [6.45, 7) is 3.80. The van der Waals surface area contributed by atoms with E-state index in [0.717, 1.165) is 17.0 Å². The quantitative estimate of drug-likeness (QED) is 0.633. The van der Waals surface area contributed by atoms with Crippen molar-refractivity contribution >= 4 is 34.7 Å². The van der Waals surface area contributed by atoms with Crippen LogP contribution in [-0.2, 0) is 0 Å². The molecule has 0 saturated carbocycles. The Morgan fingerprint density at radius 1 is 1.32 bits per heavy atom. The third-order valence-electron chi connectivity index (χ3n) is 3.78. The second-order valence-corrected chi connectivity index (χ2v) is 6.48. The number of rotatable bonds is 4. The average Bonchev–Trinajstić information content (AvgIpc) is 2.97. The summed E-state index contributed by atoms with van der Waals surface area (Å²) in [6, 6.07) is 5.88. The molecule has 0 atom stereocenters. The molecule has 1 N–H and O–H groups in total. The summed E-state index contributed by atoms with van der Waals surface area (Å²) in [5.74, 6) is -0.533. The van der Waals surface area contributed by atoms with Gasteiger partial charge in [0.1, 0.15) is 11.4 Å². The number of fused-ring (bicyclic) bond motifs is 1. The summed E-state index contributed by atoms with van der Waals surface area (Å²) >= 11 is 6.06. The van der Waals surface area contributed by atoms with Gasteiger partial charge in [0, 0.05) is 12.1 Å². The number of benzene rings is 1. The van der Waals surface area contributed by atoms with Crippen LogP contribution in [-0.4, -0.2) is 32.2 Å². The van der Waals surface area contributed by atoms with Gasteiger partial charge in [-0.1, -0.05) is 31.5 Å². The largest absolute Gasteiger partial charge is 0.573 e. The Kier molecular flexibility index (Phi) is 5.07. The zero-order valence-electron chi connectivity index (χ0n) is 14.6. The number of alkyl halides is 3. The minimum absolute atomic E-state index is 0.00338. The van der Waals surface area contributed by atoms with Crippen LogP contribution in [0.5, 0.6) is 5.75 Å². The summed E-state index contributed by atoms with van der Waals surface area (Å²) < 4.78 is 42.8. The molecule has 3 aromatic rings. The number of aromatic nitrogens is 3. The summed E-state index contributed by atoms with van der Waals surface area (Å²) in [5, 5.41) is 13.9. The van der Waals surface area contributed by atoms with Crippen LogP contribution in [0.15, 0.2) is 36.5 Å². The van der Waals surface area contributed by atoms with E-state index in [1.807, 2.05) is 13.8 Å². The van der Waals surface area contributed by atoms with Gasteiger partial charge >= 0.3 is 12.5 Å². The summed E-state index contributed by atoms with van der Waals surface area (Å²) in [7, 11) is 0. The zero-order valence-corrected chi connectivity index (χ0v) is 15.4. The molecule has 0 saturated heterocycles. The lowest BCUT2D eigenvalue weighted by molar-refractivity contribution is -0.274. The molecule has 7 nitrogen and oxygen atoms in total. The number of carbonyl (C=O) groups is 1. The number of hydrogen-bond donors (Lipinski definition) is 1. The zero-order chi connectivity index (χ0) is 20.6. The van der Waals surface area contributed by atoms with Crippen LogP contribution in [0.1, 0.15) is 25.5 Å². The molecule has 3 rings (SSSR count). The van der Waals surface area contributed by atoms with Crippen molar-refractivity contribution in [2.24, 2.45) is 0 Å². The minimum Gasteiger partial charge on any atom is -0.464 e. The molecule has 11 heteroatoms. The number of nitrogens with zero attached hydrogens (tertiary/aromatic N) is 4. The first-order chi connectivity index (χ1) is 13.1. The predicted molar refractivity (Wildman–Crippen MR) is 95.4 cm³/mol. The van der Waals surface area contributed by atoms with Crippen molar-refractivity contribution in [3.63, 3.8) is 0 Å². The fourth-order valence-corrected chi connectivity index (χ4v) is 2.85. The molecule has 2 heterocycles. The average molecular weight is 415 g/mol. The Morgan fingerprint density at radius 2 is 2.04 bits per heavy atom. The molecule has 2 aromatic heterocycles. The van der Waals surface area contributed by atoms with Crippen LogP contribution >= 0.6 is 11.6 Å². The van der Waals surface area contributed by atoms with Gasteiger partial charge in [-0.2, -0.15) is 5.10 Å². The summed E-state index contributed by atoms with van der Waals surface area (Å²) in [4.78, 5) is 16.9. The maximum atomic E-state index is 12.5. The smallest absolute Gasteiger partial charge is 0.464 e. The van der Waals surface area contributed by atoms with Crippen LogP contribution in [0.2, 0.25) is 5.15 Å². The molecule has 28 heavy (non-hydrogen) atoms. The Hall–Kier alpha value is -3.01. The van der Waals surface area contributed by atoms with E-state index in [0.29, 0.717) is 5.69 Å². The van der Waals surface area contributed by atoms with E-state index in [-0.39, 0.29) is 28.1 Å². The third kappa shape index (κ3) is 3.96. The van der Waals surface area contributed by atoms with Crippen LogP contribution in [0, 0.1) is 0 Å². The molecule has 0 aliphatic carbocycles. The number of halogens is 4. The number of anilines is 2. The highest BCUT2D eigenvalue weighted by atomic mass is 35.5. The maximum absolute atomic E-state index is 12.5. The van der Waals surface area contributed by atoms with E-state index >= 15 is 0 Å². The van der Waals surface area contributed by atoms with Gasteiger partial charge in [0.05, 0.1) is 17.6 Å². The number of hydrogen-bond acceptors (Lipinski definition) is 4. The fraction of sp³-hybridized carbons (Fsp3) is 0.235. The molecular formula is C17H14ClF3N4O3. The first-order valence-electron chi connectivity index (χ1n) is 8.00. The molecule has 1 aromatic carbocycles. The highest BCUT2D eigenvalue weighted by Gasteiger charge is 2.32. The molecule has 148 valence electrons. The first kappa shape index (κ1) is 19.7. The Labute approximate surface area is 161 Å². The molecule has 0 unspecified atom stereocenters. The lowest BCUT2D eigenvalue weighted by atomic mass is 10.1. The predicted octanol–water partition coefficient (Wildman–Crippen LogP) is 5.22. The Morgan fingerprint density at radius 3 is 2.64 bits per heavy atom. The lowest BCUT2D eigenvalue weighted by Gasteiger charge is -2.21. The molecule has 0 fully saturated rings. The second-order valence-electron chi connectivity index (χ2n) is 6.09. The SMILES string of the molecule is CC(C)c1cnc2c(N(C(=O)O)c3cccc(OC(F)(F)F)c3)cc(Cl)nn12. The number of imidazole rings is 1. The van der Waals surface area contributed by atoms with E-state index in [2.05, 4.69) is 14.8 Å². The maximum Gasteiger partial charge on any atom is 0.573 e. The van der Waals surface area contributed by atoms with E-state index in [1.165, 1.54) is 28.9 Å². The summed E-state index contributed by atoms with van der Waals surface area (Å²) in [6.07, 6.45) is -4.81. The monoisotopic (exact) mass is 414 g/mol. The van der Waals surface area contributed by atoms with Crippen LogP contribution < -0.4 is 9.64 Å². The molecule has 0 aliphatic rings. The molecule has 0 spiro atoms. The number of ether oxygens (including phenoxy) is 1. The van der Waals surface area contributed by atoms with Crippen molar-refractivity contribution in [2.75, 3.05) is 4.90 Å². The van der Waals surface area contributed by atoms with Gasteiger partial charge in [-0.15, -0.1) is 13.2 Å². The van der Waals surface area contributed by atoms with Gasteiger partial charge in [0.2, 0.25) is 0 Å². The third-order valence-corrected chi connectivity index (χ3v) is 3.96.